The van der Waals surface area contributed by atoms with E-state index in [2.05, 4.69) is 33.9 Å². The average molecular weight is 379 g/mol. The van der Waals surface area contributed by atoms with Gasteiger partial charge >= 0.3 is 0 Å². The molecule has 1 spiro atoms. The normalized spacial score (nSPS) is 29.6. The summed E-state index contributed by atoms with van der Waals surface area (Å²) in [5.74, 6) is 0.511. The van der Waals surface area contributed by atoms with Gasteiger partial charge in [0.25, 0.3) is 0 Å². The third-order valence-corrected chi connectivity index (χ3v) is 6.80. The Labute approximate surface area is 164 Å². The molecule has 2 heterocycles. The zero-order chi connectivity index (χ0) is 19.6. The van der Waals surface area contributed by atoms with Gasteiger partial charge < -0.3 is 15.1 Å². The summed E-state index contributed by atoms with van der Waals surface area (Å²) >= 11 is 0. The van der Waals surface area contributed by atoms with E-state index in [-0.39, 0.29) is 17.2 Å². The fourth-order valence-electron chi connectivity index (χ4n) is 4.85. The lowest BCUT2D eigenvalue weighted by Crippen LogP contribution is -2.53. The van der Waals surface area contributed by atoms with Crippen LogP contribution in [0, 0.1) is 11.3 Å². The van der Waals surface area contributed by atoms with Crippen molar-refractivity contribution in [3.8, 4) is 0 Å². The first-order valence-electron chi connectivity index (χ1n) is 10.8. The van der Waals surface area contributed by atoms with Gasteiger partial charge in [-0.25, -0.2) is 0 Å². The highest BCUT2D eigenvalue weighted by atomic mass is 16.2. The van der Waals surface area contributed by atoms with Crippen LogP contribution < -0.4 is 5.32 Å². The zero-order valence-electron chi connectivity index (χ0n) is 17.7. The maximum absolute atomic E-state index is 12.7. The van der Waals surface area contributed by atoms with Crippen molar-refractivity contribution in [2.45, 2.75) is 65.5 Å². The van der Waals surface area contributed by atoms with Crippen molar-refractivity contribution in [3.63, 3.8) is 0 Å². The maximum Gasteiger partial charge on any atom is 0.223 e. The molecule has 0 unspecified atom stereocenters. The molecule has 6 nitrogen and oxygen atoms in total. The number of nitrogens with zero attached hydrogens (tertiary/aromatic N) is 3. The molecule has 1 saturated carbocycles. The molecule has 0 bridgehead atoms. The molecule has 3 aliphatic rings. The maximum atomic E-state index is 12.7. The van der Waals surface area contributed by atoms with E-state index < -0.39 is 0 Å². The van der Waals surface area contributed by atoms with E-state index in [0.29, 0.717) is 24.4 Å². The lowest BCUT2D eigenvalue weighted by atomic mass is 9.65. The molecule has 3 rings (SSSR count). The van der Waals surface area contributed by atoms with Crippen LogP contribution in [0.25, 0.3) is 0 Å². The van der Waals surface area contributed by atoms with Crippen molar-refractivity contribution < 1.29 is 9.59 Å². The number of nitrogens with one attached hydrogen (secondary N) is 1. The molecule has 0 radical (unpaired) electrons. The van der Waals surface area contributed by atoms with Crippen molar-refractivity contribution in [2.75, 3.05) is 45.8 Å². The molecule has 0 atom stereocenters. The molecule has 6 heteroatoms. The van der Waals surface area contributed by atoms with Gasteiger partial charge in [-0.15, -0.1) is 0 Å². The van der Waals surface area contributed by atoms with Crippen LogP contribution in [0.4, 0.5) is 0 Å². The lowest BCUT2D eigenvalue weighted by Gasteiger charge is -2.45. The Morgan fingerprint density at radius 3 is 2.30 bits per heavy atom. The highest BCUT2D eigenvalue weighted by molar-refractivity contribution is 5.78. The van der Waals surface area contributed by atoms with E-state index in [4.69, 9.17) is 0 Å². The van der Waals surface area contributed by atoms with Crippen molar-refractivity contribution in [1.82, 2.24) is 20.0 Å². The van der Waals surface area contributed by atoms with Gasteiger partial charge in [0, 0.05) is 70.2 Å². The van der Waals surface area contributed by atoms with E-state index in [1.807, 2.05) is 13.8 Å². The SMILES string of the molecule is CC(C)C(=O)NC1CC2(CCN(C(=O)CCN3CCN(C(C)C)CC3)C2)C1. The first-order chi connectivity index (χ1) is 12.8. The molecule has 1 aliphatic carbocycles. The van der Waals surface area contributed by atoms with Crippen molar-refractivity contribution >= 4 is 11.8 Å². The molecule has 0 aromatic carbocycles. The summed E-state index contributed by atoms with van der Waals surface area (Å²) in [5.41, 5.74) is 0.271. The minimum absolute atomic E-state index is 0.0469. The van der Waals surface area contributed by atoms with Crippen LogP contribution in [0.3, 0.4) is 0 Å². The zero-order valence-corrected chi connectivity index (χ0v) is 17.7. The van der Waals surface area contributed by atoms with Crippen LogP contribution in [-0.2, 0) is 9.59 Å². The third-order valence-electron chi connectivity index (χ3n) is 6.80. The quantitative estimate of drug-likeness (QED) is 0.762. The highest BCUT2D eigenvalue weighted by Crippen LogP contribution is 2.48. The Balaban J connectivity index is 1.35. The Hall–Kier alpha value is -1.14. The Morgan fingerprint density at radius 2 is 1.70 bits per heavy atom. The van der Waals surface area contributed by atoms with Crippen LogP contribution in [0.1, 0.15) is 53.4 Å². The summed E-state index contributed by atoms with van der Waals surface area (Å²) in [4.78, 5) is 31.5. The highest BCUT2D eigenvalue weighted by Gasteiger charge is 2.49. The molecule has 2 saturated heterocycles. The predicted molar refractivity (Wildman–Crippen MR) is 107 cm³/mol. The second-order valence-electron chi connectivity index (χ2n) is 9.56. The molecular formula is C21H38N4O2. The Morgan fingerprint density at radius 1 is 1.04 bits per heavy atom. The first-order valence-corrected chi connectivity index (χ1v) is 10.8. The van der Waals surface area contributed by atoms with Gasteiger partial charge in [0.05, 0.1) is 0 Å². The first kappa shape index (κ1) is 20.6. The number of amides is 2. The number of rotatable bonds is 6. The second-order valence-corrected chi connectivity index (χ2v) is 9.56. The van der Waals surface area contributed by atoms with Gasteiger partial charge in [-0.2, -0.15) is 0 Å². The number of hydrogen-bond acceptors (Lipinski definition) is 4. The minimum Gasteiger partial charge on any atom is -0.353 e. The van der Waals surface area contributed by atoms with E-state index in [9.17, 15) is 9.59 Å². The second kappa shape index (κ2) is 8.48. The van der Waals surface area contributed by atoms with E-state index in [1.54, 1.807) is 0 Å². The van der Waals surface area contributed by atoms with Gasteiger partial charge in [0.2, 0.25) is 11.8 Å². The van der Waals surface area contributed by atoms with Crippen LogP contribution in [-0.4, -0.2) is 84.4 Å². The predicted octanol–water partition coefficient (Wildman–Crippen LogP) is 1.56. The van der Waals surface area contributed by atoms with Gasteiger partial charge in [-0.1, -0.05) is 13.8 Å². The fraction of sp³-hybridized carbons (Fsp3) is 0.905. The topological polar surface area (TPSA) is 55.9 Å². The standard InChI is InChI=1S/C21H38N4O2/c1-16(2)20(27)22-18-13-21(14-18)6-8-25(15-21)19(26)5-7-23-9-11-24(12-10-23)17(3)4/h16-18H,5-15H2,1-4H3,(H,22,27). The number of hydrogen-bond donors (Lipinski definition) is 1. The molecular weight excluding hydrogens is 340 g/mol. The molecule has 0 aromatic heterocycles. The molecule has 2 amide bonds. The summed E-state index contributed by atoms with van der Waals surface area (Å²) in [5, 5.41) is 3.14. The molecule has 3 fully saturated rings. The summed E-state index contributed by atoms with van der Waals surface area (Å²) < 4.78 is 0. The van der Waals surface area contributed by atoms with Crippen molar-refractivity contribution in [2.24, 2.45) is 11.3 Å². The number of likely N-dealkylation sites (tertiary alicyclic amines) is 1. The molecule has 154 valence electrons. The molecule has 1 N–H and O–H groups in total. The minimum atomic E-state index is 0.0469. The number of carbonyl (C=O) groups is 2. The van der Waals surface area contributed by atoms with Crippen LogP contribution in [0.5, 0.6) is 0 Å². The van der Waals surface area contributed by atoms with Gasteiger partial charge in [0.1, 0.15) is 0 Å². The van der Waals surface area contributed by atoms with Crippen molar-refractivity contribution in [1.29, 1.82) is 0 Å². The smallest absolute Gasteiger partial charge is 0.223 e. The Bertz CT molecular complexity index is 534. The summed E-state index contributed by atoms with van der Waals surface area (Å²) in [7, 11) is 0. The summed E-state index contributed by atoms with van der Waals surface area (Å²) in [6.45, 7) is 15.4. The van der Waals surface area contributed by atoms with Gasteiger partial charge in [-0.3, -0.25) is 14.5 Å². The Kier molecular flexibility index (Phi) is 6.46. The monoisotopic (exact) mass is 378 g/mol. The largest absolute Gasteiger partial charge is 0.353 e. The molecule has 27 heavy (non-hydrogen) atoms. The van der Waals surface area contributed by atoms with E-state index in [1.165, 1.54) is 0 Å². The summed E-state index contributed by atoms with van der Waals surface area (Å²) in [6.07, 6.45) is 3.81. The lowest BCUT2D eigenvalue weighted by molar-refractivity contribution is -0.132. The molecule has 0 aromatic rings. The number of piperazine rings is 1. The van der Waals surface area contributed by atoms with Crippen LogP contribution in [0.15, 0.2) is 0 Å². The van der Waals surface area contributed by atoms with Gasteiger partial charge in [-0.05, 0) is 38.5 Å². The molecule has 2 aliphatic heterocycles. The van der Waals surface area contributed by atoms with Gasteiger partial charge in [0.15, 0.2) is 0 Å². The summed E-state index contributed by atoms with van der Waals surface area (Å²) in [6, 6.07) is 0.929. The third kappa shape index (κ3) is 5.02. The van der Waals surface area contributed by atoms with Crippen LogP contribution in [0.2, 0.25) is 0 Å². The van der Waals surface area contributed by atoms with Crippen LogP contribution >= 0.6 is 0 Å². The van der Waals surface area contributed by atoms with E-state index in [0.717, 1.165) is 65.1 Å². The number of carbonyl (C=O) groups excluding carboxylic acids is 2. The fourth-order valence-corrected chi connectivity index (χ4v) is 4.85. The average Bonchev–Trinajstić information content (AvgIpc) is 3.05. The van der Waals surface area contributed by atoms with Crippen molar-refractivity contribution in [3.05, 3.63) is 0 Å². The van der Waals surface area contributed by atoms with E-state index >= 15 is 0 Å².